The predicted molar refractivity (Wildman–Crippen MR) is 144 cm³/mol. The number of hydrogen-bond acceptors (Lipinski definition) is 4. The number of esters is 1. The third-order valence-electron chi connectivity index (χ3n) is 5.23. The summed E-state index contributed by atoms with van der Waals surface area (Å²) in [7, 11) is 0. The molecule has 2 N–H and O–H groups in total. The first-order valence-corrected chi connectivity index (χ1v) is 12.5. The first kappa shape index (κ1) is 26.9. The van der Waals surface area contributed by atoms with Gasteiger partial charge in [0.2, 0.25) is 0 Å². The van der Waals surface area contributed by atoms with Crippen LogP contribution in [-0.2, 0) is 20.9 Å². The number of carbonyl (C=O) groups is 3. The minimum atomic E-state index is -0.872. The highest BCUT2D eigenvalue weighted by atomic mass is 79.9. The van der Waals surface area contributed by atoms with E-state index in [9.17, 15) is 14.4 Å². The van der Waals surface area contributed by atoms with E-state index in [1.165, 1.54) is 0 Å². The van der Waals surface area contributed by atoms with E-state index in [0.29, 0.717) is 17.5 Å². The summed E-state index contributed by atoms with van der Waals surface area (Å²) >= 11 is 3.39. The van der Waals surface area contributed by atoms with Crippen molar-refractivity contribution in [3.8, 4) is 0 Å². The molecule has 0 bridgehead atoms. The van der Waals surface area contributed by atoms with Gasteiger partial charge in [-0.2, -0.15) is 0 Å². The topological polar surface area (TPSA) is 84.5 Å². The van der Waals surface area contributed by atoms with Gasteiger partial charge in [0, 0.05) is 10.0 Å². The van der Waals surface area contributed by atoms with Crippen molar-refractivity contribution in [1.29, 1.82) is 0 Å². The van der Waals surface area contributed by atoms with Crippen LogP contribution in [0.5, 0.6) is 0 Å². The zero-order valence-electron chi connectivity index (χ0n) is 20.2. The molecule has 7 heteroatoms. The average Bonchev–Trinajstić information content (AvgIpc) is 2.88. The third kappa shape index (κ3) is 8.50. The van der Waals surface area contributed by atoms with Crippen LogP contribution in [0.3, 0.4) is 0 Å². The van der Waals surface area contributed by atoms with Crippen molar-refractivity contribution in [3.63, 3.8) is 0 Å². The molecule has 186 valence electrons. The highest BCUT2D eigenvalue weighted by molar-refractivity contribution is 9.10. The summed E-state index contributed by atoms with van der Waals surface area (Å²) in [4.78, 5) is 39.1. The van der Waals surface area contributed by atoms with E-state index >= 15 is 0 Å². The number of carbonyl (C=O) groups excluding carboxylic acids is 3. The van der Waals surface area contributed by atoms with E-state index in [-0.39, 0.29) is 18.2 Å². The molecule has 0 aliphatic carbocycles. The fourth-order valence-electron chi connectivity index (χ4n) is 3.42. The number of halogens is 1. The van der Waals surface area contributed by atoms with E-state index in [1.807, 2.05) is 68.4 Å². The van der Waals surface area contributed by atoms with Crippen molar-refractivity contribution in [3.05, 3.63) is 112 Å². The van der Waals surface area contributed by atoms with E-state index in [1.54, 1.807) is 36.4 Å². The van der Waals surface area contributed by atoms with Gasteiger partial charge in [0.25, 0.3) is 11.8 Å². The molecule has 0 aliphatic rings. The Morgan fingerprint density at radius 3 is 2.11 bits per heavy atom. The summed E-state index contributed by atoms with van der Waals surface area (Å²) in [5.41, 5.74) is 2.00. The Hall–Kier alpha value is -3.71. The quantitative estimate of drug-likeness (QED) is 0.259. The number of ether oxygens (including phenoxy) is 1. The number of benzene rings is 3. The minimum Gasteiger partial charge on any atom is -0.459 e. The smallest absolute Gasteiger partial charge is 0.328 e. The monoisotopic (exact) mass is 548 g/mol. The van der Waals surface area contributed by atoms with Gasteiger partial charge < -0.3 is 15.4 Å². The fraction of sp³-hybridized carbons (Fsp3) is 0.207. The van der Waals surface area contributed by atoms with Gasteiger partial charge in [-0.1, -0.05) is 90.4 Å². The zero-order chi connectivity index (χ0) is 25.9. The van der Waals surface area contributed by atoms with Crippen molar-refractivity contribution in [2.75, 3.05) is 0 Å². The van der Waals surface area contributed by atoms with Gasteiger partial charge in [0.15, 0.2) is 0 Å². The Morgan fingerprint density at radius 1 is 0.889 bits per heavy atom. The van der Waals surface area contributed by atoms with Crippen LogP contribution in [-0.4, -0.2) is 23.8 Å². The lowest BCUT2D eigenvalue weighted by molar-refractivity contribution is -0.149. The molecule has 0 saturated carbocycles. The van der Waals surface area contributed by atoms with Gasteiger partial charge in [-0.15, -0.1) is 0 Å². The van der Waals surface area contributed by atoms with Gasteiger partial charge in [-0.05, 0) is 53.8 Å². The molecule has 0 aliphatic heterocycles. The van der Waals surface area contributed by atoms with Crippen molar-refractivity contribution in [1.82, 2.24) is 10.6 Å². The number of rotatable bonds is 10. The molecule has 0 fully saturated rings. The van der Waals surface area contributed by atoms with Gasteiger partial charge in [-0.25, -0.2) is 4.79 Å². The van der Waals surface area contributed by atoms with Gasteiger partial charge in [0.1, 0.15) is 18.3 Å². The van der Waals surface area contributed by atoms with Crippen LogP contribution in [0.4, 0.5) is 0 Å². The minimum absolute atomic E-state index is 0.0239. The second-order valence-electron chi connectivity index (χ2n) is 8.68. The maximum absolute atomic E-state index is 13.3. The Bertz CT molecular complexity index is 1190. The normalized spacial score (nSPS) is 12.1. The van der Waals surface area contributed by atoms with Crippen molar-refractivity contribution in [2.45, 2.75) is 32.9 Å². The van der Waals surface area contributed by atoms with Crippen LogP contribution < -0.4 is 10.6 Å². The number of amides is 2. The molecule has 2 amide bonds. The van der Waals surface area contributed by atoms with E-state index in [0.717, 1.165) is 10.0 Å². The Labute approximate surface area is 219 Å². The van der Waals surface area contributed by atoms with Crippen molar-refractivity contribution < 1.29 is 19.1 Å². The molecule has 0 radical (unpaired) electrons. The standard InChI is InChI=1S/C29H29BrN2O4/c1-20(2)17-26(29(35)36-19-22-9-5-3-6-10-22)32-28(34)25(18-21-13-15-24(30)16-14-21)31-27(33)23-11-7-4-8-12-23/h3-16,18,20,26H,17,19H2,1-2H3,(H,31,33)(H,32,34)/b25-18+/t26-/m1/s1. The molecule has 0 heterocycles. The highest BCUT2D eigenvalue weighted by Crippen LogP contribution is 2.14. The fourth-order valence-corrected chi connectivity index (χ4v) is 3.68. The Kier molecular flexibility index (Phi) is 10.0. The van der Waals surface area contributed by atoms with Crippen LogP contribution in [0.1, 0.15) is 41.8 Å². The SMILES string of the molecule is CC(C)C[C@@H](NC(=O)/C(=C\c1ccc(Br)cc1)NC(=O)c1ccccc1)C(=O)OCc1ccccc1. The molecular weight excluding hydrogens is 520 g/mol. The largest absolute Gasteiger partial charge is 0.459 e. The summed E-state index contributed by atoms with van der Waals surface area (Å²) in [6, 6.07) is 24.4. The maximum Gasteiger partial charge on any atom is 0.328 e. The molecule has 0 unspecified atom stereocenters. The van der Waals surface area contributed by atoms with Gasteiger partial charge in [0.05, 0.1) is 0 Å². The highest BCUT2D eigenvalue weighted by Gasteiger charge is 2.26. The van der Waals surface area contributed by atoms with Crippen molar-refractivity contribution in [2.24, 2.45) is 5.92 Å². The van der Waals surface area contributed by atoms with E-state index < -0.39 is 23.8 Å². The first-order valence-electron chi connectivity index (χ1n) is 11.7. The number of hydrogen-bond donors (Lipinski definition) is 2. The van der Waals surface area contributed by atoms with Crippen LogP contribution >= 0.6 is 15.9 Å². The van der Waals surface area contributed by atoms with E-state index in [2.05, 4.69) is 26.6 Å². The maximum atomic E-state index is 13.3. The first-order chi connectivity index (χ1) is 17.3. The lowest BCUT2D eigenvalue weighted by Gasteiger charge is -2.20. The second kappa shape index (κ2) is 13.4. The van der Waals surface area contributed by atoms with Crippen molar-refractivity contribution >= 4 is 39.8 Å². The lowest BCUT2D eigenvalue weighted by atomic mass is 10.0. The molecule has 0 aromatic heterocycles. The molecule has 3 rings (SSSR count). The Morgan fingerprint density at radius 2 is 1.50 bits per heavy atom. The van der Waals surface area contributed by atoms with E-state index in [4.69, 9.17) is 4.74 Å². The van der Waals surface area contributed by atoms with Crippen LogP contribution in [0.25, 0.3) is 6.08 Å². The number of nitrogens with one attached hydrogen (secondary N) is 2. The summed E-state index contributed by atoms with van der Waals surface area (Å²) in [5.74, 6) is -1.42. The van der Waals surface area contributed by atoms with Crippen LogP contribution in [0.15, 0.2) is 95.1 Å². The summed E-state index contributed by atoms with van der Waals surface area (Å²) in [5, 5.41) is 5.47. The third-order valence-corrected chi connectivity index (χ3v) is 5.76. The molecule has 0 saturated heterocycles. The summed E-state index contributed by atoms with van der Waals surface area (Å²) in [6.07, 6.45) is 1.96. The van der Waals surface area contributed by atoms with Crippen LogP contribution in [0, 0.1) is 5.92 Å². The van der Waals surface area contributed by atoms with Gasteiger partial charge >= 0.3 is 5.97 Å². The molecule has 3 aromatic carbocycles. The zero-order valence-corrected chi connectivity index (χ0v) is 21.8. The second-order valence-corrected chi connectivity index (χ2v) is 9.59. The molecule has 6 nitrogen and oxygen atoms in total. The lowest BCUT2D eigenvalue weighted by Crippen LogP contribution is -2.45. The summed E-state index contributed by atoms with van der Waals surface area (Å²) in [6.45, 7) is 4.02. The molecule has 3 aromatic rings. The summed E-state index contributed by atoms with van der Waals surface area (Å²) < 4.78 is 6.37. The molecular formula is C29H29BrN2O4. The molecule has 36 heavy (non-hydrogen) atoms. The molecule has 0 spiro atoms. The van der Waals surface area contributed by atoms with Gasteiger partial charge in [-0.3, -0.25) is 9.59 Å². The predicted octanol–water partition coefficient (Wildman–Crippen LogP) is 5.49. The van der Waals surface area contributed by atoms with Crippen LogP contribution in [0.2, 0.25) is 0 Å². The molecule has 1 atom stereocenters. The average molecular weight is 549 g/mol. The Balaban J connectivity index is 1.80.